The SMILES string of the molecule is CO.CO.N/C(=C\N(N)c1ccc(C=O)c(C(F)(F)F)c1)c1cc(C(=O)NCCOCCOCCOCCOCCO)cc(/C(N)=C/N(N)c2ccc(C=O)c(C(F)(F)F)c2)n1. The van der Waals surface area contributed by atoms with Gasteiger partial charge in [0.15, 0.2) is 12.6 Å². The second-order valence-corrected chi connectivity index (χ2v) is 11.8. The summed E-state index contributed by atoms with van der Waals surface area (Å²) in [5.41, 5.74) is 7.27. The molecule has 18 nitrogen and oxygen atoms in total. The molecule has 24 heteroatoms. The summed E-state index contributed by atoms with van der Waals surface area (Å²) in [5.74, 6) is 11.3. The van der Waals surface area contributed by atoms with Crippen molar-refractivity contribution >= 4 is 41.2 Å². The minimum absolute atomic E-state index is 0.0171. The van der Waals surface area contributed by atoms with Gasteiger partial charge in [-0.05, 0) is 48.5 Å². The van der Waals surface area contributed by atoms with Gasteiger partial charge in [0.1, 0.15) is 0 Å². The van der Waals surface area contributed by atoms with Gasteiger partial charge < -0.3 is 51.1 Å². The van der Waals surface area contributed by atoms with E-state index in [1.807, 2.05) is 0 Å². The first-order valence-electron chi connectivity index (χ1n) is 18.0. The fourth-order valence-corrected chi connectivity index (χ4v) is 4.81. The summed E-state index contributed by atoms with van der Waals surface area (Å²) in [4.78, 5) is 40.0. The van der Waals surface area contributed by atoms with Gasteiger partial charge in [0.05, 0.1) is 105 Å². The van der Waals surface area contributed by atoms with E-state index >= 15 is 0 Å². The molecule has 344 valence electrons. The van der Waals surface area contributed by atoms with Crippen molar-refractivity contribution in [3.05, 3.63) is 100 Å². The Morgan fingerprint density at radius 3 is 1.39 bits per heavy atom. The summed E-state index contributed by atoms with van der Waals surface area (Å²) in [5, 5.41) is 26.7. The lowest BCUT2D eigenvalue weighted by atomic mass is 10.1. The third-order valence-corrected chi connectivity index (χ3v) is 7.65. The minimum atomic E-state index is -4.89. The van der Waals surface area contributed by atoms with Crippen LogP contribution >= 0.6 is 0 Å². The summed E-state index contributed by atoms with van der Waals surface area (Å²) in [6, 6.07) is 7.78. The molecule has 1 aromatic heterocycles. The number of anilines is 2. The van der Waals surface area contributed by atoms with Crippen LogP contribution in [0, 0.1) is 0 Å². The summed E-state index contributed by atoms with van der Waals surface area (Å²) in [6.45, 7) is 1.97. The predicted molar refractivity (Wildman–Crippen MR) is 215 cm³/mol. The number of hydrogen-bond donors (Lipinski definition) is 8. The van der Waals surface area contributed by atoms with Crippen LogP contribution in [0.15, 0.2) is 60.9 Å². The Kier molecular flexibility index (Phi) is 24.5. The number of pyridine rings is 1. The number of aliphatic hydroxyl groups excluding tert-OH is 3. The number of rotatable bonds is 23. The number of nitrogens with zero attached hydrogens (tertiary/aromatic N) is 3. The first kappa shape index (κ1) is 54.3. The van der Waals surface area contributed by atoms with E-state index in [1.54, 1.807) is 0 Å². The molecule has 1 amide bonds. The number of hydrazine groups is 2. The second kappa shape index (κ2) is 28.0. The molecule has 1 heterocycles. The number of nitrogens with one attached hydrogen (secondary N) is 1. The number of nitrogens with two attached hydrogens (primary N) is 4. The number of hydrogen-bond acceptors (Lipinski definition) is 17. The van der Waals surface area contributed by atoms with Gasteiger partial charge in [0.2, 0.25) is 0 Å². The zero-order chi connectivity index (χ0) is 46.9. The predicted octanol–water partition coefficient (Wildman–Crippen LogP) is 2.02. The third kappa shape index (κ3) is 18.1. The molecule has 3 rings (SSSR count). The molecule has 0 saturated carbocycles. The Labute approximate surface area is 352 Å². The van der Waals surface area contributed by atoms with Crippen LogP contribution in [-0.4, -0.2) is 119 Å². The average molecular weight is 893 g/mol. The molecule has 0 bridgehead atoms. The molecule has 3 aromatic rings. The van der Waals surface area contributed by atoms with E-state index in [4.69, 9.17) is 57.4 Å². The van der Waals surface area contributed by atoms with E-state index in [9.17, 15) is 40.7 Å². The standard InChI is InChI=1S/C36H42F6N8O8.2CH4O/c37-35(38,39)28-17-26(3-1-23(28)21-52)49(45)19-30(43)32-15-25(34(54)47-5-7-55-9-11-57-13-14-58-12-10-56-8-6-51)16-33(48-32)31(44)20-50(46)27-4-2-24(22-53)29(18-27)36(40,41)42;2*1-2/h1-4,15-22,51H,5-14,43-46H2,(H,47,54);2*2H,1H3/b30-19-,31-20-;;. The number of amides is 1. The molecule has 0 aliphatic heterocycles. The molecule has 12 N–H and O–H groups in total. The lowest BCUT2D eigenvalue weighted by Gasteiger charge is -2.19. The van der Waals surface area contributed by atoms with E-state index in [0.717, 1.165) is 60.9 Å². The van der Waals surface area contributed by atoms with Crippen molar-refractivity contribution in [3.8, 4) is 0 Å². The molecule has 0 saturated heterocycles. The molecule has 2 aromatic carbocycles. The van der Waals surface area contributed by atoms with Crippen LogP contribution in [0.5, 0.6) is 0 Å². The minimum Gasteiger partial charge on any atom is -0.400 e. The van der Waals surface area contributed by atoms with Gasteiger partial charge in [-0.1, -0.05) is 0 Å². The zero-order valence-corrected chi connectivity index (χ0v) is 33.6. The van der Waals surface area contributed by atoms with Gasteiger partial charge in [-0.2, -0.15) is 26.3 Å². The van der Waals surface area contributed by atoms with E-state index in [1.165, 1.54) is 12.1 Å². The summed E-state index contributed by atoms with van der Waals surface area (Å²) >= 11 is 0. The largest absolute Gasteiger partial charge is 0.417 e. The molecule has 0 spiro atoms. The molecule has 0 radical (unpaired) electrons. The maximum Gasteiger partial charge on any atom is 0.417 e. The highest BCUT2D eigenvalue weighted by Crippen LogP contribution is 2.35. The van der Waals surface area contributed by atoms with Gasteiger partial charge >= 0.3 is 12.4 Å². The Hall–Kier alpha value is -5.70. The molecule has 62 heavy (non-hydrogen) atoms. The lowest BCUT2D eigenvalue weighted by Crippen LogP contribution is -2.29. The van der Waals surface area contributed by atoms with Crippen LogP contribution < -0.4 is 38.5 Å². The highest BCUT2D eigenvalue weighted by atomic mass is 19.4. The van der Waals surface area contributed by atoms with Crippen LogP contribution in [-0.2, 0) is 31.3 Å². The number of aldehydes is 2. The van der Waals surface area contributed by atoms with Gasteiger partial charge in [-0.3, -0.25) is 24.4 Å². The van der Waals surface area contributed by atoms with Crippen molar-refractivity contribution in [2.45, 2.75) is 12.4 Å². The number of ether oxygens (including phenoxy) is 4. The van der Waals surface area contributed by atoms with Crippen LogP contribution in [0.4, 0.5) is 37.7 Å². The number of benzene rings is 2. The number of carbonyl (C=O) groups is 3. The number of halogens is 6. The highest BCUT2D eigenvalue weighted by Gasteiger charge is 2.35. The van der Waals surface area contributed by atoms with E-state index in [0.29, 0.717) is 38.6 Å². The average Bonchev–Trinajstić information content (AvgIpc) is 3.26. The molecule has 0 fully saturated rings. The fraction of sp³-hybridized carbons (Fsp3) is 0.368. The van der Waals surface area contributed by atoms with Crippen LogP contribution in [0.1, 0.15) is 53.6 Å². The van der Waals surface area contributed by atoms with Gasteiger partial charge in [-0.15, -0.1) is 0 Å². The molecule has 0 unspecified atom stereocenters. The molecule has 0 aliphatic rings. The van der Waals surface area contributed by atoms with Crippen molar-refractivity contribution in [1.29, 1.82) is 0 Å². The molecule has 0 aliphatic carbocycles. The Morgan fingerprint density at radius 2 is 1.03 bits per heavy atom. The molecule has 0 atom stereocenters. The van der Waals surface area contributed by atoms with Gasteiger partial charge in [0, 0.05) is 49.9 Å². The van der Waals surface area contributed by atoms with Crippen molar-refractivity contribution < 1.29 is 75.0 Å². The highest BCUT2D eigenvalue weighted by molar-refractivity contribution is 5.95. The maximum atomic E-state index is 13.6. The quantitative estimate of drug-likeness (QED) is 0.0222. The van der Waals surface area contributed by atoms with Crippen molar-refractivity contribution in [2.75, 3.05) is 90.2 Å². The van der Waals surface area contributed by atoms with E-state index in [2.05, 4.69) is 10.3 Å². The summed E-state index contributed by atoms with van der Waals surface area (Å²) in [7, 11) is 2.00. The van der Waals surface area contributed by atoms with E-state index in [-0.39, 0.29) is 91.9 Å². The molecular weight excluding hydrogens is 842 g/mol. The number of alkyl halides is 6. The molecular formula is C38H50F6N8O10. The van der Waals surface area contributed by atoms with Crippen molar-refractivity contribution in [3.63, 3.8) is 0 Å². The number of aliphatic hydroxyl groups is 3. The van der Waals surface area contributed by atoms with Crippen molar-refractivity contribution in [1.82, 2.24) is 10.3 Å². The first-order valence-corrected chi connectivity index (χ1v) is 18.0. The number of carbonyl (C=O) groups excluding carboxylic acids is 3. The zero-order valence-electron chi connectivity index (χ0n) is 33.6. The van der Waals surface area contributed by atoms with Crippen LogP contribution in [0.25, 0.3) is 11.4 Å². The Balaban J connectivity index is 0.00000466. The monoisotopic (exact) mass is 892 g/mol. The summed E-state index contributed by atoms with van der Waals surface area (Å²) < 4.78 is 103. The lowest BCUT2D eigenvalue weighted by molar-refractivity contribution is -0.138. The van der Waals surface area contributed by atoms with E-state index < -0.39 is 40.5 Å². The van der Waals surface area contributed by atoms with Crippen LogP contribution in [0.2, 0.25) is 0 Å². The first-order chi connectivity index (χ1) is 29.5. The Bertz CT molecular complexity index is 1810. The Morgan fingerprint density at radius 1 is 0.661 bits per heavy atom. The third-order valence-electron chi connectivity index (χ3n) is 7.65. The van der Waals surface area contributed by atoms with Crippen molar-refractivity contribution in [2.24, 2.45) is 23.2 Å². The number of aromatic nitrogens is 1. The van der Waals surface area contributed by atoms with Gasteiger partial charge in [0.25, 0.3) is 5.91 Å². The summed E-state index contributed by atoms with van der Waals surface area (Å²) in [6.07, 6.45) is -7.73. The normalized spacial score (nSPS) is 11.8. The smallest absolute Gasteiger partial charge is 0.400 e. The maximum absolute atomic E-state index is 13.6. The fourth-order valence-electron chi connectivity index (χ4n) is 4.81. The van der Waals surface area contributed by atoms with Crippen LogP contribution in [0.3, 0.4) is 0 Å². The second-order valence-electron chi connectivity index (χ2n) is 11.8. The van der Waals surface area contributed by atoms with Gasteiger partial charge in [-0.25, -0.2) is 16.7 Å². The topological polar surface area (TPSA) is 284 Å².